The first-order chi connectivity index (χ1) is 21.6. The molecule has 3 atom stereocenters. The molecule has 10 nitrogen and oxygen atoms in total. The molecule has 1 aromatic heterocycles. The molecular formula is C32H32F3N5O5. The van der Waals surface area contributed by atoms with E-state index in [2.05, 4.69) is 25.4 Å². The molecule has 7 rings (SSSR count). The monoisotopic (exact) mass is 623 g/mol. The Balaban J connectivity index is 1.00. The lowest BCUT2D eigenvalue weighted by atomic mass is 10.1. The van der Waals surface area contributed by atoms with Crippen molar-refractivity contribution >= 4 is 17.6 Å². The van der Waals surface area contributed by atoms with Crippen molar-refractivity contribution in [1.82, 2.24) is 20.1 Å². The Morgan fingerprint density at radius 1 is 1.09 bits per heavy atom. The van der Waals surface area contributed by atoms with Gasteiger partial charge in [-0.05, 0) is 55.9 Å². The van der Waals surface area contributed by atoms with Gasteiger partial charge in [-0.2, -0.15) is 13.2 Å². The lowest BCUT2D eigenvalue weighted by Gasteiger charge is -2.32. The van der Waals surface area contributed by atoms with Crippen molar-refractivity contribution < 1.29 is 37.0 Å². The Labute approximate surface area is 257 Å². The van der Waals surface area contributed by atoms with Crippen LogP contribution in [0.5, 0.6) is 23.0 Å². The summed E-state index contributed by atoms with van der Waals surface area (Å²) in [5.41, 5.74) is 0.573. The molecule has 3 aliphatic heterocycles. The number of likely N-dealkylation sites (N-methyl/N-ethyl adjacent to an activating group) is 1. The van der Waals surface area contributed by atoms with Crippen LogP contribution < -0.4 is 24.8 Å². The molecule has 2 amide bonds. The first-order valence-corrected chi connectivity index (χ1v) is 15.0. The third-order valence-electron chi connectivity index (χ3n) is 8.76. The average molecular weight is 624 g/mol. The van der Waals surface area contributed by atoms with Gasteiger partial charge in [-0.3, -0.25) is 14.5 Å². The van der Waals surface area contributed by atoms with Crippen molar-refractivity contribution in [3.05, 3.63) is 70.9 Å². The average Bonchev–Trinajstić information content (AvgIpc) is 3.53. The minimum atomic E-state index is -4.69. The summed E-state index contributed by atoms with van der Waals surface area (Å²) in [7, 11) is 2.04. The van der Waals surface area contributed by atoms with Gasteiger partial charge in [0, 0.05) is 62.0 Å². The molecule has 13 heteroatoms. The van der Waals surface area contributed by atoms with Crippen molar-refractivity contribution in [3.8, 4) is 23.0 Å². The van der Waals surface area contributed by atoms with Crippen LogP contribution in [0.1, 0.15) is 39.4 Å². The quantitative estimate of drug-likeness (QED) is 0.387. The van der Waals surface area contributed by atoms with E-state index in [-0.39, 0.29) is 35.8 Å². The number of nitrogens with zero attached hydrogens (tertiary/aromatic N) is 3. The third kappa shape index (κ3) is 6.01. The number of aromatic nitrogens is 1. The number of halogens is 3. The minimum Gasteiger partial charge on any atom is -0.492 e. The highest BCUT2D eigenvalue weighted by Gasteiger charge is 2.59. The normalized spacial score (nSPS) is 22.4. The van der Waals surface area contributed by atoms with Gasteiger partial charge in [0.25, 0.3) is 5.91 Å². The van der Waals surface area contributed by atoms with E-state index in [0.29, 0.717) is 42.5 Å². The number of carbonyl (C=O) groups is 2. The van der Waals surface area contributed by atoms with E-state index in [9.17, 15) is 22.8 Å². The smallest absolute Gasteiger partial charge is 0.419 e. The van der Waals surface area contributed by atoms with Gasteiger partial charge in [0.1, 0.15) is 41.5 Å². The zero-order valence-electron chi connectivity index (χ0n) is 24.5. The molecule has 2 fully saturated rings. The van der Waals surface area contributed by atoms with Gasteiger partial charge < -0.3 is 29.7 Å². The number of hydrogen-bond acceptors (Lipinski definition) is 8. The number of fused-ring (bicyclic) bond motifs is 4. The number of piperazine rings is 1. The fraction of sp³-hybridized carbons (Fsp3) is 0.406. The van der Waals surface area contributed by atoms with E-state index in [0.717, 1.165) is 43.4 Å². The maximum Gasteiger partial charge on any atom is 0.419 e. The van der Waals surface area contributed by atoms with Crippen molar-refractivity contribution in [1.29, 1.82) is 0 Å². The number of anilines is 1. The second-order valence-corrected chi connectivity index (χ2v) is 11.8. The first kappa shape index (κ1) is 29.4. The lowest BCUT2D eigenvalue weighted by Crippen LogP contribution is -2.45. The summed E-state index contributed by atoms with van der Waals surface area (Å²) in [4.78, 5) is 33.4. The van der Waals surface area contributed by atoms with Gasteiger partial charge in [-0.15, -0.1) is 0 Å². The maximum atomic E-state index is 14.0. The van der Waals surface area contributed by atoms with Crippen LogP contribution in [0.25, 0.3) is 0 Å². The largest absolute Gasteiger partial charge is 0.492 e. The van der Waals surface area contributed by atoms with Crippen LogP contribution in [-0.4, -0.2) is 85.1 Å². The van der Waals surface area contributed by atoms with Crippen molar-refractivity contribution in [2.24, 2.45) is 0 Å². The number of alkyl halides is 3. The molecular weight excluding hydrogens is 591 g/mol. The molecule has 3 aromatic rings. The zero-order valence-corrected chi connectivity index (χ0v) is 24.5. The highest BCUT2D eigenvalue weighted by Crippen LogP contribution is 2.54. The summed E-state index contributed by atoms with van der Waals surface area (Å²) in [5.74, 6) is 1.14. The standard InChI is InChI=1S/C32H32F3N5O5/c1-39-10-12-40(13-11-39)14-15-43-25-5-2-18(16-22(25)32(33,34)35)31(42)38-28-27-21-17-19(3-6-23(21)45-29(27)28)44-24-8-9-36-30-20(24)4-7-26(41)37-30/h2-3,5-6,8-9,16-17,27-29H,4,7,10-15H2,1H3,(H,38,42)(H,36,37,41)/t27-,28?,29-/m0/s1. The highest BCUT2D eigenvalue weighted by atomic mass is 19.4. The number of benzene rings is 2. The Hall–Kier alpha value is -4.36. The molecule has 2 N–H and O–H groups in total. The van der Waals surface area contributed by atoms with Crippen LogP contribution in [0.15, 0.2) is 48.7 Å². The number of ether oxygens (including phenoxy) is 3. The highest BCUT2D eigenvalue weighted by molar-refractivity contribution is 5.95. The molecule has 2 aromatic carbocycles. The number of rotatable bonds is 8. The van der Waals surface area contributed by atoms with Gasteiger partial charge in [0.2, 0.25) is 5.91 Å². The van der Waals surface area contributed by atoms with Crippen molar-refractivity contribution in [2.75, 3.05) is 51.7 Å². The molecule has 1 saturated heterocycles. The van der Waals surface area contributed by atoms with Gasteiger partial charge in [0.05, 0.1) is 17.5 Å². The maximum absolute atomic E-state index is 14.0. The molecule has 4 aliphatic rings. The van der Waals surface area contributed by atoms with Crippen LogP contribution in [0.2, 0.25) is 0 Å². The number of amides is 2. The van der Waals surface area contributed by atoms with E-state index in [1.807, 2.05) is 13.1 Å². The number of nitrogens with one attached hydrogen (secondary N) is 2. The Bertz CT molecular complexity index is 1640. The molecule has 0 radical (unpaired) electrons. The van der Waals surface area contributed by atoms with Crippen molar-refractivity contribution in [2.45, 2.75) is 37.1 Å². The van der Waals surface area contributed by atoms with Crippen LogP contribution in [-0.2, 0) is 17.4 Å². The third-order valence-corrected chi connectivity index (χ3v) is 8.76. The predicted molar refractivity (Wildman–Crippen MR) is 157 cm³/mol. The van der Waals surface area contributed by atoms with Gasteiger partial charge >= 0.3 is 6.18 Å². The van der Waals surface area contributed by atoms with Crippen LogP contribution in [0.3, 0.4) is 0 Å². The van der Waals surface area contributed by atoms with Crippen molar-refractivity contribution in [3.63, 3.8) is 0 Å². The fourth-order valence-electron chi connectivity index (χ4n) is 6.17. The van der Waals surface area contributed by atoms with Crippen LogP contribution >= 0.6 is 0 Å². The van der Waals surface area contributed by atoms with E-state index >= 15 is 0 Å². The topological polar surface area (TPSA) is 105 Å². The summed E-state index contributed by atoms with van der Waals surface area (Å²) in [5, 5.41) is 5.60. The molecule has 1 unspecified atom stereocenters. The number of hydrogen-bond donors (Lipinski definition) is 2. The molecule has 45 heavy (non-hydrogen) atoms. The summed E-state index contributed by atoms with van der Waals surface area (Å²) >= 11 is 0. The summed E-state index contributed by atoms with van der Waals surface area (Å²) in [6.07, 6.45) is -2.58. The summed E-state index contributed by atoms with van der Waals surface area (Å²) < 4.78 is 59.6. The van der Waals surface area contributed by atoms with Gasteiger partial charge in [-0.1, -0.05) is 0 Å². The van der Waals surface area contributed by atoms with Crippen LogP contribution in [0.4, 0.5) is 19.0 Å². The Morgan fingerprint density at radius 3 is 2.71 bits per heavy atom. The number of pyridine rings is 1. The van der Waals surface area contributed by atoms with Crippen LogP contribution in [0, 0.1) is 0 Å². The minimum absolute atomic E-state index is 0.0923. The van der Waals surface area contributed by atoms with E-state index in [1.165, 1.54) is 12.1 Å². The van der Waals surface area contributed by atoms with E-state index < -0.39 is 23.7 Å². The molecule has 1 saturated carbocycles. The lowest BCUT2D eigenvalue weighted by molar-refractivity contribution is -0.139. The predicted octanol–water partition coefficient (Wildman–Crippen LogP) is 4.06. The first-order valence-electron chi connectivity index (χ1n) is 15.0. The van der Waals surface area contributed by atoms with Gasteiger partial charge in [-0.25, -0.2) is 4.98 Å². The molecule has 236 valence electrons. The Kier molecular flexibility index (Phi) is 7.52. The second-order valence-electron chi connectivity index (χ2n) is 11.8. The SMILES string of the molecule is CN1CCN(CCOc2ccc(C(=O)NC3[C@H]4Oc5ccc(Oc6ccnc7c6CCC(=O)N7)cc5[C@@H]34)cc2C(F)(F)F)CC1. The summed E-state index contributed by atoms with van der Waals surface area (Å²) in [6, 6.07) is 10.2. The fourth-order valence-corrected chi connectivity index (χ4v) is 6.17. The second kappa shape index (κ2) is 11.5. The molecule has 1 aliphatic carbocycles. The van der Waals surface area contributed by atoms with E-state index in [4.69, 9.17) is 14.2 Å². The van der Waals surface area contributed by atoms with E-state index in [1.54, 1.807) is 24.4 Å². The number of carbonyl (C=O) groups excluding carboxylic acids is 2. The molecule has 0 spiro atoms. The Morgan fingerprint density at radius 2 is 1.91 bits per heavy atom. The summed E-state index contributed by atoms with van der Waals surface area (Å²) in [6.45, 7) is 4.12. The van der Waals surface area contributed by atoms with Gasteiger partial charge in [0.15, 0.2) is 0 Å². The molecule has 4 heterocycles. The zero-order chi connectivity index (χ0) is 31.3. The molecule has 0 bridgehead atoms.